The van der Waals surface area contributed by atoms with E-state index in [9.17, 15) is 4.79 Å². The zero-order valence-corrected chi connectivity index (χ0v) is 9.60. The van der Waals surface area contributed by atoms with E-state index in [-0.39, 0.29) is 19.0 Å². The number of nitrogens with zero attached hydrogens (tertiary/aromatic N) is 3. The van der Waals surface area contributed by atoms with Crippen molar-refractivity contribution in [2.24, 2.45) is 0 Å². The maximum absolute atomic E-state index is 11.5. The minimum absolute atomic E-state index is 0.0813. The fourth-order valence-corrected chi connectivity index (χ4v) is 1.95. The van der Waals surface area contributed by atoms with E-state index in [4.69, 9.17) is 16.3 Å². The molecule has 1 aliphatic heterocycles. The number of hydrogen-bond acceptors (Lipinski definition) is 5. The van der Waals surface area contributed by atoms with E-state index in [2.05, 4.69) is 5.32 Å². The van der Waals surface area contributed by atoms with Gasteiger partial charge in [-0.05, 0) is 17.7 Å². The molecule has 1 heterocycles. The van der Waals surface area contributed by atoms with E-state index in [1.165, 1.54) is 0 Å². The number of fused-ring (bicyclic) bond motifs is 1. The molecule has 0 aromatic heterocycles. The maximum atomic E-state index is 11.5. The van der Waals surface area contributed by atoms with Crippen LogP contribution in [-0.2, 0) is 6.54 Å². The number of carbonyl (C=O) groups is 1. The number of nitrogen functional groups attached to an aromatic ring is 1. The lowest BCUT2D eigenvalue weighted by molar-refractivity contribution is 0.0966. The summed E-state index contributed by atoms with van der Waals surface area (Å²) >= 11 is 0. The van der Waals surface area contributed by atoms with E-state index >= 15 is 0 Å². The van der Waals surface area contributed by atoms with Crippen molar-refractivity contribution < 1.29 is 4.79 Å². The number of anilines is 2. The minimum Gasteiger partial charge on any atom is -0.397 e. The topological polar surface area (TPSA) is 106 Å². The lowest BCUT2D eigenvalue weighted by Gasteiger charge is -2.20. The molecule has 2 rings (SSSR count). The number of nitrogens with one attached hydrogen (secondary N) is 1. The predicted octanol–water partition coefficient (Wildman–Crippen LogP) is 0.366. The highest BCUT2D eigenvalue weighted by molar-refractivity contribution is 6.00. The normalized spacial score (nSPS) is 12.2. The van der Waals surface area contributed by atoms with E-state index in [0.717, 1.165) is 5.56 Å². The van der Waals surface area contributed by atoms with E-state index in [0.29, 0.717) is 23.5 Å². The summed E-state index contributed by atoms with van der Waals surface area (Å²) in [6.45, 7) is 0.615. The third-order valence-electron chi connectivity index (χ3n) is 2.80. The van der Waals surface area contributed by atoms with Crippen LogP contribution >= 0.6 is 0 Å². The zero-order chi connectivity index (χ0) is 13.1. The van der Waals surface area contributed by atoms with Gasteiger partial charge in [-0.3, -0.25) is 4.79 Å². The van der Waals surface area contributed by atoms with Gasteiger partial charge < -0.3 is 16.0 Å². The van der Waals surface area contributed by atoms with Gasteiger partial charge in [-0.25, -0.2) is 0 Å². The van der Waals surface area contributed by atoms with Gasteiger partial charge >= 0.3 is 0 Å². The van der Waals surface area contributed by atoms with Crippen LogP contribution in [0.15, 0.2) is 12.1 Å². The molecule has 1 aromatic rings. The van der Waals surface area contributed by atoms with Crippen LogP contribution in [0.3, 0.4) is 0 Å². The van der Waals surface area contributed by atoms with Crippen molar-refractivity contribution in [3.8, 4) is 12.1 Å². The number of benzene rings is 1. The van der Waals surface area contributed by atoms with E-state index in [1.807, 2.05) is 12.1 Å². The summed E-state index contributed by atoms with van der Waals surface area (Å²) in [5.74, 6) is -0.143. The Bertz CT molecular complexity index is 565. The van der Waals surface area contributed by atoms with Crippen LogP contribution in [0.4, 0.5) is 11.4 Å². The Labute approximate surface area is 104 Å². The van der Waals surface area contributed by atoms with Crippen LogP contribution in [-0.4, -0.2) is 19.0 Å². The molecule has 1 aromatic carbocycles. The molecule has 0 saturated heterocycles. The van der Waals surface area contributed by atoms with Crippen molar-refractivity contribution in [1.29, 1.82) is 10.5 Å². The largest absolute Gasteiger partial charge is 0.397 e. The fourth-order valence-electron chi connectivity index (χ4n) is 1.95. The molecule has 0 aliphatic carbocycles. The van der Waals surface area contributed by atoms with Gasteiger partial charge in [-0.15, -0.1) is 0 Å². The molecule has 0 atom stereocenters. The van der Waals surface area contributed by atoms with Gasteiger partial charge in [0.15, 0.2) is 0 Å². The summed E-state index contributed by atoms with van der Waals surface area (Å²) in [4.78, 5) is 13.0. The van der Waals surface area contributed by atoms with Gasteiger partial charge in [0.1, 0.15) is 13.1 Å². The summed E-state index contributed by atoms with van der Waals surface area (Å²) in [6, 6.07) is 7.34. The quantitative estimate of drug-likeness (QED) is 0.587. The highest BCUT2D eigenvalue weighted by Crippen LogP contribution is 2.29. The smallest absolute Gasteiger partial charge is 0.251 e. The summed E-state index contributed by atoms with van der Waals surface area (Å²) < 4.78 is 0. The third kappa shape index (κ3) is 1.92. The first kappa shape index (κ1) is 11.7. The predicted molar refractivity (Wildman–Crippen MR) is 65.5 cm³/mol. The molecular formula is C12H11N5O. The molecule has 0 fully saturated rings. The van der Waals surface area contributed by atoms with Crippen molar-refractivity contribution in [2.45, 2.75) is 6.54 Å². The number of rotatable bonds is 3. The summed E-state index contributed by atoms with van der Waals surface area (Å²) in [5, 5.41) is 20.2. The van der Waals surface area contributed by atoms with Crippen molar-refractivity contribution >= 4 is 17.3 Å². The molecule has 0 saturated carbocycles. The molecule has 6 nitrogen and oxygen atoms in total. The molecule has 1 aliphatic rings. The molecule has 1 amide bonds. The first-order chi connectivity index (χ1) is 8.67. The Balaban J connectivity index is 2.43. The number of amides is 1. The molecular weight excluding hydrogens is 230 g/mol. The van der Waals surface area contributed by atoms with E-state index in [1.54, 1.807) is 17.0 Å². The van der Waals surface area contributed by atoms with Crippen molar-refractivity contribution in [1.82, 2.24) is 5.32 Å². The van der Waals surface area contributed by atoms with Crippen LogP contribution in [0.25, 0.3) is 0 Å². The van der Waals surface area contributed by atoms with Crippen molar-refractivity contribution in [2.75, 3.05) is 23.7 Å². The molecule has 90 valence electrons. The van der Waals surface area contributed by atoms with Gasteiger partial charge in [-0.2, -0.15) is 10.5 Å². The molecule has 0 spiro atoms. The Morgan fingerprint density at radius 2 is 2.00 bits per heavy atom. The molecule has 18 heavy (non-hydrogen) atoms. The van der Waals surface area contributed by atoms with Crippen LogP contribution in [0.2, 0.25) is 0 Å². The van der Waals surface area contributed by atoms with Gasteiger partial charge in [0.2, 0.25) is 0 Å². The lowest BCUT2D eigenvalue weighted by Crippen LogP contribution is -2.25. The lowest BCUT2D eigenvalue weighted by atomic mass is 10.1. The highest BCUT2D eigenvalue weighted by atomic mass is 16.1. The summed E-state index contributed by atoms with van der Waals surface area (Å²) in [6.07, 6.45) is 0. The van der Waals surface area contributed by atoms with Crippen molar-refractivity contribution in [3.63, 3.8) is 0 Å². The monoisotopic (exact) mass is 241 g/mol. The minimum atomic E-state index is -0.143. The highest BCUT2D eigenvalue weighted by Gasteiger charge is 2.22. The maximum Gasteiger partial charge on any atom is 0.251 e. The SMILES string of the molecule is N#CCN(CC#N)c1cc2c(cc1N)C(=O)NC2. The second kappa shape index (κ2) is 4.64. The van der Waals surface area contributed by atoms with Crippen LogP contribution in [0.5, 0.6) is 0 Å². The third-order valence-corrected chi connectivity index (χ3v) is 2.80. The zero-order valence-electron chi connectivity index (χ0n) is 9.60. The van der Waals surface area contributed by atoms with Crippen LogP contribution in [0, 0.1) is 22.7 Å². The second-order valence-corrected chi connectivity index (χ2v) is 3.92. The number of hydrogen-bond donors (Lipinski definition) is 2. The average molecular weight is 241 g/mol. The Hall–Kier alpha value is -2.73. The molecule has 0 radical (unpaired) electrons. The Morgan fingerprint density at radius 3 is 2.61 bits per heavy atom. The van der Waals surface area contributed by atoms with Crippen LogP contribution < -0.4 is 16.0 Å². The summed E-state index contributed by atoms with van der Waals surface area (Å²) in [5.41, 5.74) is 8.29. The fraction of sp³-hybridized carbons (Fsp3) is 0.250. The van der Waals surface area contributed by atoms with Gasteiger partial charge in [0.25, 0.3) is 5.91 Å². The Kier molecular flexibility index (Phi) is 3.03. The van der Waals surface area contributed by atoms with E-state index < -0.39 is 0 Å². The van der Waals surface area contributed by atoms with Crippen LogP contribution in [0.1, 0.15) is 15.9 Å². The second-order valence-electron chi connectivity index (χ2n) is 3.92. The summed E-state index contributed by atoms with van der Waals surface area (Å²) in [7, 11) is 0. The van der Waals surface area contributed by atoms with Gasteiger partial charge in [0, 0.05) is 12.1 Å². The standard InChI is InChI=1S/C12H11N5O/c13-1-3-17(4-2-14)11-5-8-7-16-12(18)9(8)6-10(11)15/h5-6H,3-4,7,15H2,(H,16,18). The Morgan fingerprint density at radius 1 is 1.33 bits per heavy atom. The number of nitriles is 2. The number of carbonyl (C=O) groups excluding carboxylic acids is 1. The number of nitrogens with two attached hydrogens (primary N) is 1. The first-order valence-electron chi connectivity index (χ1n) is 5.36. The molecule has 0 unspecified atom stereocenters. The first-order valence-corrected chi connectivity index (χ1v) is 5.36. The molecule has 0 bridgehead atoms. The average Bonchev–Trinajstić information content (AvgIpc) is 2.70. The van der Waals surface area contributed by atoms with Gasteiger partial charge in [0.05, 0.1) is 23.5 Å². The molecule has 6 heteroatoms. The van der Waals surface area contributed by atoms with Crippen molar-refractivity contribution in [3.05, 3.63) is 23.3 Å². The van der Waals surface area contributed by atoms with Gasteiger partial charge in [-0.1, -0.05) is 0 Å². The molecule has 3 N–H and O–H groups in total.